The van der Waals surface area contributed by atoms with Gasteiger partial charge in [-0.2, -0.15) is 0 Å². The number of hydrogen-bond donors (Lipinski definition) is 1. The summed E-state index contributed by atoms with van der Waals surface area (Å²) < 4.78 is 32.9. The third kappa shape index (κ3) is 5.14. The zero-order valence-electron chi connectivity index (χ0n) is 17.3. The second-order valence-electron chi connectivity index (χ2n) is 6.88. The molecule has 170 valence electrons. The van der Waals surface area contributed by atoms with E-state index in [0.717, 1.165) is 6.07 Å². The summed E-state index contributed by atoms with van der Waals surface area (Å²) in [5, 5.41) is 11.0. The Balaban J connectivity index is 1.78. The van der Waals surface area contributed by atoms with Gasteiger partial charge in [0, 0.05) is 38.3 Å². The first-order valence-electron chi connectivity index (χ1n) is 9.80. The predicted molar refractivity (Wildman–Crippen MR) is 115 cm³/mol. The Bertz CT molecular complexity index is 1130. The SMILES string of the molecule is CCOC(=O)N1CCN(C(=O)c2ccccc2NS(=O)(=O)c2cccc([N+](=O)[O-])c2)CC1. The fourth-order valence-corrected chi connectivity index (χ4v) is 4.32. The molecule has 0 saturated carbocycles. The standard InChI is InChI=1S/C20H22N4O7S/c1-2-31-20(26)23-12-10-22(11-13-23)19(25)17-8-3-4-9-18(17)21-32(29,30)16-7-5-6-15(14-16)24(27)28/h3-9,14,21H,2,10-13H2,1H3. The number of sulfonamides is 1. The largest absolute Gasteiger partial charge is 0.450 e. The van der Waals surface area contributed by atoms with Crippen molar-refractivity contribution < 1.29 is 27.7 Å². The number of anilines is 1. The lowest BCUT2D eigenvalue weighted by Gasteiger charge is -2.34. The smallest absolute Gasteiger partial charge is 0.409 e. The van der Waals surface area contributed by atoms with Gasteiger partial charge in [0.2, 0.25) is 0 Å². The Morgan fingerprint density at radius 2 is 1.72 bits per heavy atom. The van der Waals surface area contributed by atoms with Crippen molar-refractivity contribution in [2.75, 3.05) is 37.5 Å². The Kier molecular flexibility index (Phi) is 6.93. The van der Waals surface area contributed by atoms with Crippen LogP contribution >= 0.6 is 0 Å². The van der Waals surface area contributed by atoms with E-state index in [1.165, 1.54) is 40.1 Å². The minimum absolute atomic E-state index is 0.0526. The van der Waals surface area contributed by atoms with Crippen LogP contribution < -0.4 is 4.72 Å². The van der Waals surface area contributed by atoms with Gasteiger partial charge in [0.1, 0.15) is 0 Å². The summed E-state index contributed by atoms with van der Waals surface area (Å²) in [6.07, 6.45) is -0.440. The number of rotatable bonds is 6. The van der Waals surface area contributed by atoms with Crippen LogP contribution in [0.15, 0.2) is 53.4 Å². The van der Waals surface area contributed by atoms with E-state index in [2.05, 4.69) is 4.72 Å². The summed E-state index contributed by atoms with van der Waals surface area (Å²) >= 11 is 0. The summed E-state index contributed by atoms with van der Waals surface area (Å²) in [7, 11) is -4.18. The molecule has 11 nitrogen and oxygen atoms in total. The summed E-state index contributed by atoms with van der Waals surface area (Å²) in [5.41, 5.74) is -0.181. The van der Waals surface area contributed by atoms with Crippen molar-refractivity contribution >= 4 is 33.4 Å². The fourth-order valence-electron chi connectivity index (χ4n) is 3.20. The third-order valence-corrected chi connectivity index (χ3v) is 6.20. The zero-order valence-corrected chi connectivity index (χ0v) is 18.1. The first kappa shape index (κ1) is 23.0. The molecule has 0 bridgehead atoms. The van der Waals surface area contributed by atoms with Crippen molar-refractivity contribution in [2.24, 2.45) is 0 Å². The number of nitro benzene ring substituents is 1. The third-order valence-electron chi connectivity index (χ3n) is 4.83. The second-order valence-corrected chi connectivity index (χ2v) is 8.57. The van der Waals surface area contributed by atoms with Gasteiger partial charge >= 0.3 is 6.09 Å². The highest BCUT2D eigenvalue weighted by Crippen LogP contribution is 2.24. The van der Waals surface area contributed by atoms with E-state index in [-0.39, 0.29) is 41.5 Å². The minimum atomic E-state index is -4.18. The maximum atomic E-state index is 13.1. The van der Waals surface area contributed by atoms with Crippen LogP contribution in [0.5, 0.6) is 0 Å². The average Bonchev–Trinajstić information content (AvgIpc) is 2.79. The first-order valence-corrected chi connectivity index (χ1v) is 11.3. The maximum absolute atomic E-state index is 13.1. The lowest BCUT2D eigenvalue weighted by atomic mass is 10.1. The number of nitro groups is 1. The van der Waals surface area contributed by atoms with Crippen molar-refractivity contribution in [2.45, 2.75) is 11.8 Å². The molecule has 3 rings (SSSR count). The first-order chi connectivity index (χ1) is 15.2. The highest BCUT2D eigenvalue weighted by atomic mass is 32.2. The number of benzene rings is 2. The zero-order chi connectivity index (χ0) is 23.3. The minimum Gasteiger partial charge on any atom is -0.450 e. The molecule has 2 aromatic carbocycles. The number of non-ortho nitro benzene ring substituents is 1. The van der Waals surface area contributed by atoms with Gasteiger partial charge in [-0.1, -0.05) is 18.2 Å². The van der Waals surface area contributed by atoms with Crippen LogP contribution in [0.1, 0.15) is 17.3 Å². The summed E-state index contributed by atoms with van der Waals surface area (Å²) in [6.45, 7) is 3.10. The Morgan fingerprint density at radius 3 is 2.38 bits per heavy atom. The topological polar surface area (TPSA) is 139 Å². The molecule has 0 atom stereocenters. The monoisotopic (exact) mass is 462 g/mol. The van der Waals surface area contributed by atoms with Gasteiger partial charge in [0.05, 0.1) is 27.7 Å². The van der Waals surface area contributed by atoms with Crippen LogP contribution in [0.3, 0.4) is 0 Å². The maximum Gasteiger partial charge on any atom is 0.409 e. The molecule has 0 spiro atoms. The Morgan fingerprint density at radius 1 is 1.06 bits per heavy atom. The number of para-hydroxylation sites is 1. The molecule has 1 aliphatic heterocycles. The van der Waals surface area contributed by atoms with E-state index in [4.69, 9.17) is 4.74 Å². The predicted octanol–water partition coefficient (Wildman–Crippen LogP) is 2.31. The van der Waals surface area contributed by atoms with E-state index < -0.39 is 26.9 Å². The van der Waals surface area contributed by atoms with Gasteiger partial charge in [0.25, 0.3) is 21.6 Å². The molecular weight excluding hydrogens is 440 g/mol. The summed E-state index contributed by atoms with van der Waals surface area (Å²) in [4.78, 5) is 37.9. The van der Waals surface area contributed by atoms with Gasteiger partial charge in [-0.3, -0.25) is 19.6 Å². The molecule has 2 aromatic rings. The van der Waals surface area contributed by atoms with Crippen LogP contribution in [0.2, 0.25) is 0 Å². The van der Waals surface area contributed by atoms with Crippen molar-refractivity contribution in [1.82, 2.24) is 9.80 Å². The van der Waals surface area contributed by atoms with Crippen LogP contribution in [0, 0.1) is 10.1 Å². The van der Waals surface area contributed by atoms with Crippen LogP contribution in [-0.4, -0.2) is 67.9 Å². The van der Waals surface area contributed by atoms with Crippen LogP contribution in [0.4, 0.5) is 16.2 Å². The number of nitrogens with zero attached hydrogens (tertiary/aromatic N) is 3. The molecule has 32 heavy (non-hydrogen) atoms. The molecule has 0 aliphatic carbocycles. The number of nitrogens with one attached hydrogen (secondary N) is 1. The lowest BCUT2D eigenvalue weighted by molar-refractivity contribution is -0.385. The molecule has 0 aromatic heterocycles. The molecule has 1 N–H and O–H groups in total. The average molecular weight is 462 g/mol. The molecule has 2 amide bonds. The number of carbonyl (C=O) groups excluding carboxylic acids is 2. The van der Waals surface area contributed by atoms with E-state index in [1.54, 1.807) is 19.1 Å². The lowest BCUT2D eigenvalue weighted by Crippen LogP contribution is -2.50. The van der Waals surface area contributed by atoms with E-state index >= 15 is 0 Å². The van der Waals surface area contributed by atoms with Crippen LogP contribution in [0.25, 0.3) is 0 Å². The highest BCUT2D eigenvalue weighted by molar-refractivity contribution is 7.92. The normalized spacial score (nSPS) is 14.0. The number of hydrogen-bond acceptors (Lipinski definition) is 7. The van der Waals surface area contributed by atoms with E-state index in [9.17, 15) is 28.1 Å². The van der Waals surface area contributed by atoms with E-state index in [1.807, 2.05) is 0 Å². The molecule has 1 fully saturated rings. The molecule has 1 aliphatic rings. The fraction of sp³-hybridized carbons (Fsp3) is 0.300. The summed E-state index contributed by atoms with van der Waals surface area (Å²) in [5.74, 6) is -0.397. The quantitative estimate of drug-likeness (QED) is 0.513. The van der Waals surface area contributed by atoms with Gasteiger partial charge in [-0.05, 0) is 25.1 Å². The Hall–Kier alpha value is -3.67. The number of piperazine rings is 1. The van der Waals surface area contributed by atoms with Crippen molar-refractivity contribution in [3.63, 3.8) is 0 Å². The van der Waals surface area contributed by atoms with Crippen molar-refractivity contribution in [3.05, 3.63) is 64.2 Å². The van der Waals surface area contributed by atoms with Gasteiger partial charge in [0.15, 0.2) is 0 Å². The summed E-state index contributed by atoms with van der Waals surface area (Å²) in [6, 6.07) is 10.7. The molecule has 1 heterocycles. The molecular formula is C20H22N4O7S. The molecule has 0 radical (unpaired) electrons. The van der Waals surface area contributed by atoms with Crippen molar-refractivity contribution in [3.8, 4) is 0 Å². The van der Waals surface area contributed by atoms with Gasteiger partial charge in [-0.25, -0.2) is 13.2 Å². The van der Waals surface area contributed by atoms with E-state index in [0.29, 0.717) is 13.1 Å². The number of ether oxygens (including phenoxy) is 1. The van der Waals surface area contributed by atoms with Crippen molar-refractivity contribution in [1.29, 1.82) is 0 Å². The molecule has 0 unspecified atom stereocenters. The molecule has 12 heteroatoms. The highest BCUT2D eigenvalue weighted by Gasteiger charge is 2.28. The number of amides is 2. The number of carbonyl (C=O) groups is 2. The molecule has 1 saturated heterocycles. The Labute approximate surface area is 184 Å². The van der Waals surface area contributed by atoms with Gasteiger partial charge < -0.3 is 14.5 Å². The van der Waals surface area contributed by atoms with Crippen LogP contribution in [-0.2, 0) is 14.8 Å². The second kappa shape index (κ2) is 9.64. The van der Waals surface area contributed by atoms with Gasteiger partial charge in [-0.15, -0.1) is 0 Å².